The van der Waals surface area contributed by atoms with Crippen molar-refractivity contribution in [1.29, 1.82) is 0 Å². The van der Waals surface area contributed by atoms with Crippen molar-refractivity contribution in [3.63, 3.8) is 0 Å². The van der Waals surface area contributed by atoms with Crippen LogP contribution in [0.5, 0.6) is 0 Å². The van der Waals surface area contributed by atoms with Crippen molar-refractivity contribution in [1.82, 2.24) is 0 Å². The van der Waals surface area contributed by atoms with E-state index >= 15 is 0 Å². The summed E-state index contributed by atoms with van der Waals surface area (Å²) in [6.45, 7) is 6.68. The largest absolute Gasteiger partial charge is 0.396 e. The molecule has 2 atom stereocenters. The van der Waals surface area contributed by atoms with E-state index in [2.05, 4.69) is 43.0 Å². The molecule has 2 heteroatoms. The summed E-state index contributed by atoms with van der Waals surface area (Å²) >= 11 is 0. The Kier molecular flexibility index (Phi) is 2.96. The molecule has 0 bridgehead atoms. The van der Waals surface area contributed by atoms with Gasteiger partial charge in [-0.05, 0) is 24.5 Å². The Morgan fingerprint density at radius 1 is 1.47 bits per heavy atom. The molecule has 1 aromatic rings. The Balaban J connectivity index is 2.33. The molecular weight excluding hydrogens is 186 g/mol. The number of aliphatic hydroxyl groups is 1. The third kappa shape index (κ3) is 1.74. The van der Waals surface area contributed by atoms with Crippen LogP contribution in [-0.4, -0.2) is 24.8 Å². The molecule has 0 saturated heterocycles. The Labute approximate surface area is 91.5 Å². The second kappa shape index (κ2) is 4.23. The van der Waals surface area contributed by atoms with Gasteiger partial charge in [-0.25, -0.2) is 0 Å². The van der Waals surface area contributed by atoms with E-state index in [4.69, 9.17) is 0 Å². The van der Waals surface area contributed by atoms with Gasteiger partial charge >= 0.3 is 0 Å². The molecule has 0 radical (unpaired) electrons. The second-order valence-corrected chi connectivity index (χ2v) is 4.36. The highest BCUT2D eigenvalue weighted by atomic mass is 16.3. The number of anilines is 1. The monoisotopic (exact) mass is 205 g/mol. The zero-order valence-corrected chi connectivity index (χ0v) is 9.48. The molecule has 2 unspecified atom stereocenters. The second-order valence-electron chi connectivity index (χ2n) is 4.36. The third-order valence-corrected chi connectivity index (χ3v) is 3.45. The molecule has 2 rings (SSSR count). The van der Waals surface area contributed by atoms with Crippen LogP contribution in [-0.2, 0) is 0 Å². The van der Waals surface area contributed by atoms with Crippen molar-refractivity contribution in [3.05, 3.63) is 29.8 Å². The first kappa shape index (κ1) is 10.5. The van der Waals surface area contributed by atoms with Gasteiger partial charge in [0.2, 0.25) is 0 Å². The van der Waals surface area contributed by atoms with Gasteiger partial charge in [-0.2, -0.15) is 0 Å². The molecule has 1 heterocycles. The predicted molar refractivity (Wildman–Crippen MR) is 63.3 cm³/mol. The lowest BCUT2D eigenvalue weighted by Crippen LogP contribution is -2.24. The highest BCUT2D eigenvalue weighted by Crippen LogP contribution is 2.39. The van der Waals surface area contributed by atoms with Crippen molar-refractivity contribution in [2.24, 2.45) is 5.92 Å². The van der Waals surface area contributed by atoms with Crippen LogP contribution >= 0.6 is 0 Å². The lowest BCUT2D eigenvalue weighted by atomic mass is 9.89. The average Bonchev–Trinajstić information content (AvgIpc) is 2.67. The van der Waals surface area contributed by atoms with Crippen LogP contribution in [0.4, 0.5) is 5.69 Å². The summed E-state index contributed by atoms with van der Waals surface area (Å²) in [4.78, 5) is 2.40. The van der Waals surface area contributed by atoms with E-state index < -0.39 is 0 Å². The number of hydrogen-bond acceptors (Lipinski definition) is 2. The minimum absolute atomic E-state index is 0.274. The molecule has 0 saturated carbocycles. The molecule has 82 valence electrons. The maximum Gasteiger partial charge on any atom is 0.0463 e. The van der Waals surface area contributed by atoms with E-state index in [1.165, 1.54) is 11.3 Å². The van der Waals surface area contributed by atoms with Gasteiger partial charge < -0.3 is 10.0 Å². The van der Waals surface area contributed by atoms with E-state index in [1.54, 1.807) is 0 Å². The Morgan fingerprint density at radius 3 is 2.87 bits per heavy atom. The first-order valence-corrected chi connectivity index (χ1v) is 5.72. The zero-order valence-electron chi connectivity index (χ0n) is 9.48. The molecule has 15 heavy (non-hydrogen) atoms. The topological polar surface area (TPSA) is 23.5 Å². The normalized spacial score (nSPS) is 21.5. The smallest absolute Gasteiger partial charge is 0.0463 e. The van der Waals surface area contributed by atoms with Crippen LogP contribution in [0, 0.1) is 5.92 Å². The van der Waals surface area contributed by atoms with Gasteiger partial charge in [-0.1, -0.05) is 25.1 Å². The maximum atomic E-state index is 9.26. The van der Waals surface area contributed by atoms with Gasteiger partial charge in [0.1, 0.15) is 0 Å². The first-order chi connectivity index (χ1) is 7.27. The quantitative estimate of drug-likeness (QED) is 0.818. The molecule has 1 N–H and O–H groups in total. The molecule has 1 aromatic carbocycles. The maximum absolute atomic E-state index is 9.26. The highest BCUT2D eigenvalue weighted by Gasteiger charge is 2.30. The number of aliphatic hydroxyl groups excluding tert-OH is 1. The average molecular weight is 205 g/mol. The van der Waals surface area contributed by atoms with Gasteiger partial charge in [0.25, 0.3) is 0 Å². The summed E-state index contributed by atoms with van der Waals surface area (Å²) in [5.41, 5.74) is 2.76. The van der Waals surface area contributed by atoms with E-state index in [9.17, 15) is 5.11 Å². The Morgan fingerprint density at radius 2 is 2.20 bits per heavy atom. The van der Waals surface area contributed by atoms with E-state index in [0.717, 1.165) is 13.1 Å². The van der Waals surface area contributed by atoms with Crippen LogP contribution < -0.4 is 4.90 Å². The summed E-state index contributed by atoms with van der Waals surface area (Å²) in [6.07, 6.45) is 0. The summed E-state index contributed by atoms with van der Waals surface area (Å²) in [5, 5.41) is 9.26. The minimum Gasteiger partial charge on any atom is -0.396 e. The fraction of sp³-hybridized carbons (Fsp3) is 0.538. The summed E-state index contributed by atoms with van der Waals surface area (Å²) < 4.78 is 0. The standard InChI is InChI=1S/C13H19NO/c1-3-14-8-12(10(2)9-15)11-6-4-5-7-13(11)14/h4-7,10,12,15H,3,8-9H2,1-2H3. The Bertz CT molecular complexity index is 337. The number of para-hydroxylation sites is 1. The van der Waals surface area contributed by atoms with Crippen LogP contribution in [0.2, 0.25) is 0 Å². The fourth-order valence-corrected chi connectivity index (χ4v) is 2.44. The third-order valence-electron chi connectivity index (χ3n) is 3.45. The molecule has 2 nitrogen and oxygen atoms in total. The van der Waals surface area contributed by atoms with Gasteiger partial charge in [-0.3, -0.25) is 0 Å². The zero-order chi connectivity index (χ0) is 10.8. The Hall–Kier alpha value is -1.02. The summed E-state index contributed by atoms with van der Waals surface area (Å²) in [6, 6.07) is 8.56. The van der Waals surface area contributed by atoms with Gasteiger partial charge in [0.05, 0.1) is 0 Å². The summed E-state index contributed by atoms with van der Waals surface area (Å²) in [7, 11) is 0. The van der Waals surface area contributed by atoms with E-state index in [-0.39, 0.29) is 6.61 Å². The van der Waals surface area contributed by atoms with Crippen molar-refractivity contribution >= 4 is 5.69 Å². The van der Waals surface area contributed by atoms with E-state index in [0.29, 0.717) is 11.8 Å². The lowest BCUT2D eigenvalue weighted by molar-refractivity contribution is 0.219. The number of nitrogens with zero attached hydrogens (tertiary/aromatic N) is 1. The lowest BCUT2D eigenvalue weighted by Gasteiger charge is -2.19. The molecule has 0 spiro atoms. The minimum atomic E-state index is 0.274. The fourth-order valence-electron chi connectivity index (χ4n) is 2.44. The van der Waals surface area contributed by atoms with Crippen molar-refractivity contribution in [3.8, 4) is 0 Å². The summed E-state index contributed by atoms with van der Waals surface area (Å²) in [5.74, 6) is 0.842. The van der Waals surface area contributed by atoms with Crippen LogP contribution in [0.15, 0.2) is 24.3 Å². The van der Waals surface area contributed by atoms with Crippen molar-refractivity contribution < 1.29 is 5.11 Å². The molecule has 0 aromatic heterocycles. The number of benzene rings is 1. The number of fused-ring (bicyclic) bond motifs is 1. The molecule has 0 aliphatic carbocycles. The van der Waals surface area contributed by atoms with Gasteiger partial charge in [0.15, 0.2) is 0 Å². The van der Waals surface area contributed by atoms with Crippen LogP contribution in [0.3, 0.4) is 0 Å². The van der Waals surface area contributed by atoms with Crippen molar-refractivity contribution in [2.45, 2.75) is 19.8 Å². The van der Waals surface area contributed by atoms with Crippen LogP contribution in [0.1, 0.15) is 25.3 Å². The van der Waals surface area contributed by atoms with Gasteiger partial charge in [0, 0.05) is 31.3 Å². The van der Waals surface area contributed by atoms with Crippen LogP contribution in [0.25, 0.3) is 0 Å². The number of hydrogen-bond donors (Lipinski definition) is 1. The molecule has 1 aliphatic rings. The van der Waals surface area contributed by atoms with Crippen molar-refractivity contribution in [2.75, 3.05) is 24.6 Å². The number of rotatable bonds is 3. The highest BCUT2D eigenvalue weighted by molar-refractivity contribution is 5.60. The predicted octanol–water partition coefficient (Wildman–Crippen LogP) is 2.24. The molecular formula is C13H19NO. The molecule has 1 aliphatic heterocycles. The SMILES string of the molecule is CCN1CC(C(C)CO)c2ccccc21. The first-order valence-electron chi connectivity index (χ1n) is 5.72. The molecule has 0 fully saturated rings. The number of likely N-dealkylation sites (N-methyl/N-ethyl adjacent to an activating group) is 1. The molecule has 0 amide bonds. The van der Waals surface area contributed by atoms with E-state index in [1.807, 2.05) is 0 Å². The van der Waals surface area contributed by atoms with Gasteiger partial charge in [-0.15, -0.1) is 0 Å².